The van der Waals surface area contributed by atoms with E-state index in [-0.39, 0.29) is 18.2 Å². The summed E-state index contributed by atoms with van der Waals surface area (Å²) in [5.74, 6) is -1.33. The molecule has 2 N–H and O–H groups in total. The third-order valence-electron chi connectivity index (χ3n) is 7.00. The number of fused-ring (bicyclic) bond motifs is 1. The molecule has 0 aliphatic carbocycles. The number of anilines is 1. The summed E-state index contributed by atoms with van der Waals surface area (Å²) in [6.07, 6.45) is 2.98. The van der Waals surface area contributed by atoms with E-state index in [0.29, 0.717) is 21.7 Å². The van der Waals surface area contributed by atoms with Crippen LogP contribution in [-0.4, -0.2) is 40.4 Å². The molecule has 9 nitrogen and oxygen atoms in total. The van der Waals surface area contributed by atoms with Crippen LogP contribution in [0, 0.1) is 0 Å². The van der Waals surface area contributed by atoms with Gasteiger partial charge in [0.05, 0.1) is 24.2 Å². The van der Waals surface area contributed by atoms with Gasteiger partial charge in [-0.25, -0.2) is 14.9 Å². The summed E-state index contributed by atoms with van der Waals surface area (Å²) in [7, 11) is 0. The quantitative estimate of drug-likeness (QED) is 0.151. The van der Waals surface area contributed by atoms with Gasteiger partial charge in [-0.1, -0.05) is 78.9 Å². The lowest BCUT2D eigenvalue weighted by Gasteiger charge is -2.28. The molecular weight excluding hydrogens is 550 g/mol. The molecule has 3 heterocycles. The number of aromatic nitrogens is 2. The molecule has 0 bridgehead atoms. The first kappa shape index (κ1) is 26.9. The van der Waals surface area contributed by atoms with Gasteiger partial charge >= 0.3 is 5.97 Å². The summed E-state index contributed by atoms with van der Waals surface area (Å²) in [5, 5.41) is 13.3. The number of esters is 1. The molecule has 0 saturated heterocycles. The van der Waals surface area contributed by atoms with Crippen molar-refractivity contribution in [3.05, 3.63) is 135 Å². The maximum atomic E-state index is 13.7. The molecule has 0 fully saturated rings. The second-order valence-electron chi connectivity index (χ2n) is 9.42. The highest BCUT2D eigenvalue weighted by atomic mass is 32.1. The monoisotopic (exact) mass is 575 g/mol. The van der Waals surface area contributed by atoms with Gasteiger partial charge in [0.25, 0.3) is 5.91 Å². The van der Waals surface area contributed by atoms with Crippen molar-refractivity contribution in [2.24, 2.45) is 5.10 Å². The van der Waals surface area contributed by atoms with Crippen molar-refractivity contribution in [1.29, 1.82) is 0 Å². The summed E-state index contributed by atoms with van der Waals surface area (Å²) in [6.45, 7) is 1.90. The van der Waals surface area contributed by atoms with Crippen molar-refractivity contribution in [3.63, 3.8) is 0 Å². The van der Waals surface area contributed by atoms with Crippen LogP contribution in [0.2, 0.25) is 0 Å². The number of rotatable bonds is 8. The van der Waals surface area contributed by atoms with Gasteiger partial charge in [0.15, 0.2) is 5.69 Å². The second-order valence-corrected chi connectivity index (χ2v) is 10.3. The summed E-state index contributed by atoms with van der Waals surface area (Å²) in [4.78, 5) is 39.9. The van der Waals surface area contributed by atoms with Gasteiger partial charge in [-0.3, -0.25) is 9.59 Å². The lowest BCUT2D eigenvalue weighted by Crippen LogP contribution is -2.36. The number of hydrazone groups is 1. The van der Waals surface area contributed by atoms with Gasteiger partial charge in [-0.05, 0) is 35.6 Å². The van der Waals surface area contributed by atoms with E-state index in [1.807, 2.05) is 96.4 Å². The molecule has 0 atom stereocenters. The van der Waals surface area contributed by atoms with Crippen LogP contribution in [0.3, 0.4) is 0 Å². The molecule has 0 spiro atoms. The van der Waals surface area contributed by atoms with Crippen molar-refractivity contribution < 1.29 is 19.1 Å². The Bertz CT molecular complexity index is 1760. The molecule has 0 unspecified atom stereocenters. The SMILES string of the molecule is CCOC(=O)c1nn(-c2ccccc2)cc1/C=N/NC(=O)c1scc2c1NC(=O)C2(c1ccccc1)c1ccccc1. The van der Waals surface area contributed by atoms with E-state index in [9.17, 15) is 14.4 Å². The van der Waals surface area contributed by atoms with Gasteiger partial charge in [0.2, 0.25) is 5.91 Å². The zero-order valence-corrected chi connectivity index (χ0v) is 23.3. The Kier molecular flexibility index (Phi) is 7.20. The third kappa shape index (κ3) is 4.57. The first-order valence-electron chi connectivity index (χ1n) is 13.2. The molecule has 3 aromatic carbocycles. The Hall–Kier alpha value is -5.35. The molecule has 0 radical (unpaired) electrons. The molecular formula is C32H25N5O4S. The first-order chi connectivity index (χ1) is 20.5. The van der Waals surface area contributed by atoms with Crippen LogP contribution < -0.4 is 10.7 Å². The van der Waals surface area contributed by atoms with Crippen LogP contribution in [0.15, 0.2) is 108 Å². The zero-order chi connectivity index (χ0) is 29.1. The summed E-state index contributed by atoms with van der Waals surface area (Å²) < 4.78 is 6.70. The number of ether oxygens (including phenoxy) is 1. The summed E-state index contributed by atoms with van der Waals surface area (Å²) in [6, 6.07) is 28.3. The van der Waals surface area contributed by atoms with E-state index in [1.54, 1.807) is 17.8 Å². The number of carbonyl (C=O) groups is 3. The Morgan fingerprint density at radius 3 is 2.24 bits per heavy atom. The van der Waals surface area contributed by atoms with Gasteiger partial charge in [-0.2, -0.15) is 10.2 Å². The summed E-state index contributed by atoms with van der Waals surface area (Å²) in [5.41, 5.74) is 5.38. The van der Waals surface area contributed by atoms with Crippen LogP contribution in [0.25, 0.3) is 5.69 Å². The number of nitrogens with one attached hydrogen (secondary N) is 2. The molecule has 5 aromatic rings. The molecule has 2 aromatic heterocycles. The van der Waals surface area contributed by atoms with Crippen LogP contribution in [0.4, 0.5) is 5.69 Å². The van der Waals surface area contributed by atoms with Gasteiger partial charge in [0, 0.05) is 17.3 Å². The Morgan fingerprint density at radius 1 is 1.00 bits per heavy atom. The average molecular weight is 576 g/mol. The van der Waals surface area contributed by atoms with Crippen molar-refractivity contribution in [2.45, 2.75) is 12.3 Å². The lowest BCUT2D eigenvalue weighted by atomic mass is 9.71. The molecule has 2 amide bonds. The molecule has 0 saturated carbocycles. The van der Waals surface area contributed by atoms with Crippen molar-refractivity contribution >= 4 is 41.0 Å². The van der Waals surface area contributed by atoms with Gasteiger partial charge < -0.3 is 10.1 Å². The van der Waals surface area contributed by atoms with Crippen LogP contribution in [0.1, 0.15) is 49.3 Å². The third-order valence-corrected chi connectivity index (χ3v) is 7.97. The fourth-order valence-corrected chi connectivity index (χ4v) is 6.10. The maximum absolute atomic E-state index is 13.7. The molecule has 42 heavy (non-hydrogen) atoms. The van der Waals surface area contributed by atoms with E-state index in [1.165, 1.54) is 17.6 Å². The number of hydrogen-bond donors (Lipinski definition) is 2. The number of hydrogen-bond acceptors (Lipinski definition) is 7. The molecule has 6 rings (SSSR count). The average Bonchev–Trinajstić information content (AvgIpc) is 3.71. The minimum atomic E-state index is -1.10. The lowest BCUT2D eigenvalue weighted by molar-refractivity contribution is -0.118. The Balaban J connectivity index is 1.31. The predicted octanol–water partition coefficient (Wildman–Crippen LogP) is 5.16. The van der Waals surface area contributed by atoms with Crippen molar-refractivity contribution in [2.75, 3.05) is 11.9 Å². The highest BCUT2D eigenvalue weighted by Gasteiger charge is 2.51. The second kappa shape index (κ2) is 11.3. The molecule has 208 valence electrons. The van der Waals surface area contributed by atoms with Crippen LogP contribution in [0.5, 0.6) is 0 Å². The van der Waals surface area contributed by atoms with E-state index in [0.717, 1.165) is 16.8 Å². The van der Waals surface area contributed by atoms with Gasteiger partial charge in [-0.15, -0.1) is 11.3 Å². The largest absolute Gasteiger partial charge is 0.461 e. The zero-order valence-electron chi connectivity index (χ0n) is 22.5. The number of benzene rings is 3. The number of para-hydroxylation sites is 1. The highest BCUT2D eigenvalue weighted by Crippen LogP contribution is 2.50. The number of amides is 2. The van der Waals surface area contributed by atoms with Crippen LogP contribution >= 0.6 is 11.3 Å². The predicted molar refractivity (Wildman–Crippen MR) is 160 cm³/mol. The van der Waals surface area contributed by atoms with E-state index in [2.05, 4.69) is 20.9 Å². The number of nitrogens with zero attached hydrogens (tertiary/aromatic N) is 3. The van der Waals surface area contributed by atoms with Crippen molar-refractivity contribution in [3.8, 4) is 5.69 Å². The van der Waals surface area contributed by atoms with Gasteiger partial charge in [0.1, 0.15) is 10.3 Å². The number of thiophene rings is 1. The van der Waals surface area contributed by atoms with Crippen molar-refractivity contribution in [1.82, 2.24) is 15.2 Å². The maximum Gasteiger partial charge on any atom is 0.359 e. The number of carbonyl (C=O) groups excluding carboxylic acids is 3. The van der Waals surface area contributed by atoms with E-state index >= 15 is 0 Å². The molecule has 1 aliphatic heterocycles. The fraction of sp³-hybridized carbons (Fsp3) is 0.0938. The standard InChI is InChI=1S/C32H25N5O4S/c1-2-41-30(39)26-21(19-37(36-26)24-16-10-5-11-17-24)18-33-35-29(38)28-27-25(20-42-28)32(31(40)34-27,22-12-6-3-7-13-22)23-14-8-4-9-15-23/h3-20H,2H2,1H3,(H,34,40)(H,35,38)/b33-18+. The fourth-order valence-electron chi connectivity index (χ4n) is 5.13. The minimum absolute atomic E-state index is 0.0680. The Labute approximate surface area is 245 Å². The van der Waals surface area contributed by atoms with E-state index < -0.39 is 17.3 Å². The highest BCUT2D eigenvalue weighted by molar-refractivity contribution is 7.13. The molecule has 10 heteroatoms. The topological polar surface area (TPSA) is 115 Å². The van der Waals surface area contributed by atoms with E-state index in [4.69, 9.17) is 4.74 Å². The van der Waals surface area contributed by atoms with Crippen LogP contribution in [-0.2, 0) is 14.9 Å². The first-order valence-corrected chi connectivity index (χ1v) is 14.1. The smallest absolute Gasteiger partial charge is 0.359 e. The molecule has 1 aliphatic rings. The Morgan fingerprint density at radius 2 is 1.62 bits per heavy atom. The summed E-state index contributed by atoms with van der Waals surface area (Å²) >= 11 is 1.22. The normalized spacial score (nSPS) is 13.5. The minimum Gasteiger partial charge on any atom is -0.461 e.